The Morgan fingerprint density at radius 3 is 1.73 bits per heavy atom. The second-order valence-corrected chi connectivity index (χ2v) is 9.28. The minimum absolute atomic E-state index is 0.0777. The molecule has 2 rings (SSSR count). The molecule has 12 heteroatoms. The Bertz CT molecular complexity index is 1110. The van der Waals surface area contributed by atoms with E-state index in [0.717, 1.165) is 11.1 Å². The number of nitrogens with two attached hydrogens (primary N) is 2. The van der Waals surface area contributed by atoms with E-state index in [1.54, 1.807) is 30.3 Å². The Labute approximate surface area is 233 Å². The fourth-order valence-electron chi connectivity index (χ4n) is 3.85. The Kier molecular flexibility index (Phi) is 13.8. The number of nitrogens with one attached hydrogen (secondary N) is 4. The molecule has 0 unspecified atom stereocenters. The Morgan fingerprint density at radius 1 is 0.700 bits per heavy atom. The first kappa shape index (κ1) is 31.9. The number of benzene rings is 2. The molecule has 216 valence electrons. The number of hydrogen-bond acceptors (Lipinski definition) is 7. The molecule has 0 aliphatic heterocycles. The van der Waals surface area contributed by atoms with Gasteiger partial charge in [0.25, 0.3) is 0 Å². The van der Waals surface area contributed by atoms with E-state index >= 15 is 0 Å². The molecule has 0 heterocycles. The molecule has 0 aliphatic rings. The molecule has 0 spiro atoms. The van der Waals surface area contributed by atoms with Crippen LogP contribution in [0.15, 0.2) is 60.7 Å². The average Bonchev–Trinajstić information content (AvgIpc) is 2.94. The number of unbranched alkanes of at least 4 members (excludes halogenated alkanes) is 1. The summed E-state index contributed by atoms with van der Waals surface area (Å²) in [6.07, 6.45) is 1.78. The lowest BCUT2D eigenvalue weighted by atomic mass is 10.1. The first-order valence-electron chi connectivity index (χ1n) is 13.1. The highest BCUT2D eigenvalue weighted by atomic mass is 16.4. The molecule has 0 radical (unpaired) electrons. The number of carboxylic acid groups (broad SMARTS) is 1. The van der Waals surface area contributed by atoms with Crippen molar-refractivity contribution in [3.63, 3.8) is 0 Å². The maximum Gasteiger partial charge on any atom is 0.326 e. The monoisotopic (exact) mass is 554 g/mol. The molecule has 0 bridgehead atoms. The van der Waals surface area contributed by atoms with Crippen molar-refractivity contribution in [2.45, 2.75) is 50.2 Å². The molecule has 9 N–H and O–H groups in total. The molecular weight excluding hydrogens is 516 g/mol. The van der Waals surface area contributed by atoms with E-state index in [4.69, 9.17) is 11.5 Å². The first-order chi connectivity index (χ1) is 19.2. The van der Waals surface area contributed by atoms with Crippen LogP contribution in [0.25, 0.3) is 0 Å². The molecule has 0 saturated carbocycles. The van der Waals surface area contributed by atoms with Gasteiger partial charge < -0.3 is 37.8 Å². The molecule has 2 aromatic rings. The van der Waals surface area contributed by atoms with Gasteiger partial charge >= 0.3 is 5.97 Å². The zero-order valence-electron chi connectivity index (χ0n) is 22.3. The largest absolute Gasteiger partial charge is 0.480 e. The van der Waals surface area contributed by atoms with Crippen molar-refractivity contribution in [2.24, 2.45) is 11.5 Å². The van der Waals surface area contributed by atoms with Crippen molar-refractivity contribution >= 4 is 29.6 Å². The lowest BCUT2D eigenvalue weighted by Gasteiger charge is -2.20. The molecule has 40 heavy (non-hydrogen) atoms. The maximum absolute atomic E-state index is 12.8. The Morgan fingerprint density at radius 2 is 1.20 bits per heavy atom. The summed E-state index contributed by atoms with van der Waals surface area (Å²) in [4.78, 5) is 61.6. The van der Waals surface area contributed by atoms with E-state index in [0.29, 0.717) is 25.8 Å². The second-order valence-electron chi connectivity index (χ2n) is 9.28. The molecule has 0 fully saturated rings. The van der Waals surface area contributed by atoms with Crippen LogP contribution in [0.1, 0.15) is 30.4 Å². The molecule has 0 aromatic heterocycles. The molecule has 3 atom stereocenters. The molecule has 2 aromatic carbocycles. The quantitative estimate of drug-likeness (QED) is 0.123. The van der Waals surface area contributed by atoms with Gasteiger partial charge in [-0.2, -0.15) is 0 Å². The molecule has 0 aliphatic carbocycles. The van der Waals surface area contributed by atoms with Crippen molar-refractivity contribution in [3.05, 3.63) is 71.8 Å². The SMILES string of the molecule is NCCCC[C@H](NC(=O)CNC(=O)[C@@H](N)Cc1ccccc1)C(=O)NCC(=O)N[C@@H](Cc1ccccc1)C(=O)O. The van der Waals surface area contributed by atoms with Crippen LogP contribution < -0.4 is 32.7 Å². The van der Waals surface area contributed by atoms with Gasteiger partial charge in [0.2, 0.25) is 23.6 Å². The fourth-order valence-corrected chi connectivity index (χ4v) is 3.85. The summed E-state index contributed by atoms with van der Waals surface area (Å²) in [6.45, 7) is -0.466. The number of carbonyl (C=O) groups is 5. The van der Waals surface area contributed by atoms with Crippen molar-refractivity contribution in [1.29, 1.82) is 0 Å². The van der Waals surface area contributed by atoms with E-state index in [1.165, 1.54) is 0 Å². The van der Waals surface area contributed by atoms with Gasteiger partial charge in [-0.3, -0.25) is 19.2 Å². The highest BCUT2D eigenvalue weighted by Gasteiger charge is 2.24. The summed E-state index contributed by atoms with van der Waals surface area (Å²) in [7, 11) is 0. The van der Waals surface area contributed by atoms with Gasteiger partial charge in [-0.25, -0.2) is 4.79 Å². The number of carbonyl (C=O) groups excluding carboxylic acids is 4. The van der Waals surface area contributed by atoms with Crippen LogP contribution in [0, 0.1) is 0 Å². The summed E-state index contributed by atoms with van der Waals surface area (Å²) in [5.41, 5.74) is 13.1. The number of hydrogen-bond donors (Lipinski definition) is 7. The van der Waals surface area contributed by atoms with Crippen molar-refractivity contribution in [2.75, 3.05) is 19.6 Å². The van der Waals surface area contributed by atoms with Crippen LogP contribution >= 0.6 is 0 Å². The van der Waals surface area contributed by atoms with Crippen molar-refractivity contribution < 1.29 is 29.1 Å². The lowest BCUT2D eigenvalue weighted by Crippen LogP contribution is -2.53. The highest BCUT2D eigenvalue weighted by molar-refractivity contribution is 5.93. The van der Waals surface area contributed by atoms with Crippen LogP contribution in [0.5, 0.6) is 0 Å². The maximum atomic E-state index is 12.8. The van der Waals surface area contributed by atoms with Crippen molar-refractivity contribution in [1.82, 2.24) is 21.3 Å². The summed E-state index contributed by atoms with van der Waals surface area (Å²) < 4.78 is 0. The summed E-state index contributed by atoms with van der Waals surface area (Å²) >= 11 is 0. The standard InChI is InChI=1S/C28H38N6O6/c29-14-8-7-13-22(33-24(35)17-31-26(37)21(30)15-19-9-3-1-4-10-19)27(38)32-18-25(36)34-23(28(39)40)16-20-11-5-2-6-12-20/h1-6,9-12,21-23H,7-8,13-18,29-30H2,(H,31,37)(H,32,38)(H,33,35)(H,34,36)(H,39,40)/t21-,22-,23-/m0/s1. The number of carboxylic acids is 1. The summed E-state index contributed by atoms with van der Waals surface area (Å²) in [6, 6.07) is 15.0. The highest BCUT2D eigenvalue weighted by Crippen LogP contribution is 2.05. The van der Waals surface area contributed by atoms with Gasteiger partial charge in [0.1, 0.15) is 12.1 Å². The van der Waals surface area contributed by atoms with Gasteiger partial charge in [-0.15, -0.1) is 0 Å². The molecular formula is C28H38N6O6. The molecule has 0 saturated heterocycles. The van der Waals surface area contributed by atoms with Crippen LogP contribution in [0.3, 0.4) is 0 Å². The normalized spacial score (nSPS) is 12.8. The average molecular weight is 555 g/mol. The predicted molar refractivity (Wildman–Crippen MR) is 149 cm³/mol. The van der Waals surface area contributed by atoms with Crippen LogP contribution in [0.2, 0.25) is 0 Å². The van der Waals surface area contributed by atoms with Gasteiger partial charge in [-0.1, -0.05) is 60.7 Å². The van der Waals surface area contributed by atoms with E-state index in [1.807, 2.05) is 30.3 Å². The van der Waals surface area contributed by atoms with Crippen molar-refractivity contribution in [3.8, 4) is 0 Å². The van der Waals surface area contributed by atoms with Gasteiger partial charge in [0, 0.05) is 6.42 Å². The predicted octanol–water partition coefficient (Wildman–Crippen LogP) is -0.785. The zero-order chi connectivity index (χ0) is 29.3. The Hall–Kier alpha value is -4.29. The van der Waals surface area contributed by atoms with Crippen LogP contribution in [-0.2, 0) is 36.8 Å². The number of aliphatic carboxylic acids is 1. The second kappa shape index (κ2) is 17.3. The van der Waals surface area contributed by atoms with E-state index in [-0.39, 0.29) is 19.4 Å². The van der Waals surface area contributed by atoms with E-state index in [2.05, 4.69) is 21.3 Å². The first-order valence-corrected chi connectivity index (χ1v) is 13.1. The van der Waals surface area contributed by atoms with Crippen LogP contribution in [0.4, 0.5) is 0 Å². The fraction of sp³-hybridized carbons (Fsp3) is 0.393. The topological polar surface area (TPSA) is 206 Å². The van der Waals surface area contributed by atoms with Gasteiger partial charge in [0.15, 0.2) is 0 Å². The van der Waals surface area contributed by atoms with E-state index in [9.17, 15) is 29.1 Å². The van der Waals surface area contributed by atoms with Gasteiger partial charge in [0.05, 0.1) is 19.1 Å². The Balaban J connectivity index is 1.85. The number of amides is 4. The van der Waals surface area contributed by atoms with Crippen LogP contribution in [-0.4, -0.2) is 72.5 Å². The molecule has 12 nitrogen and oxygen atoms in total. The minimum Gasteiger partial charge on any atom is -0.480 e. The van der Waals surface area contributed by atoms with Gasteiger partial charge in [-0.05, 0) is 43.4 Å². The zero-order valence-corrected chi connectivity index (χ0v) is 22.3. The third kappa shape index (κ3) is 12.0. The lowest BCUT2D eigenvalue weighted by molar-refractivity contribution is -0.141. The smallest absolute Gasteiger partial charge is 0.326 e. The minimum atomic E-state index is -1.21. The number of rotatable bonds is 17. The third-order valence-electron chi connectivity index (χ3n) is 6.00. The summed E-state index contributed by atoms with van der Waals surface area (Å²) in [5.74, 6) is -3.64. The summed E-state index contributed by atoms with van der Waals surface area (Å²) in [5, 5.41) is 19.3. The third-order valence-corrected chi connectivity index (χ3v) is 6.00. The van der Waals surface area contributed by atoms with E-state index < -0.39 is 54.3 Å². The molecule has 4 amide bonds.